The lowest BCUT2D eigenvalue weighted by Gasteiger charge is -2.06. The molecule has 0 spiro atoms. The minimum atomic E-state index is -0.938. The minimum absolute atomic E-state index is 0.250. The van der Waals surface area contributed by atoms with Crippen LogP contribution in [0.5, 0.6) is 0 Å². The lowest BCUT2D eigenvalue weighted by atomic mass is 10.1. The van der Waals surface area contributed by atoms with Gasteiger partial charge in [0.25, 0.3) is 0 Å². The highest BCUT2D eigenvalue weighted by Gasteiger charge is 2.05. The van der Waals surface area contributed by atoms with Crippen LogP contribution < -0.4 is 0 Å². The molecular weight excluding hydrogens is 158 g/mol. The van der Waals surface area contributed by atoms with Gasteiger partial charge in [-0.05, 0) is 22.9 Å². The largest absolute Gasteiger partial charge is 0.393 e. The van der Waals surface area contributed by atoms with E-state index >= 15 is 0 Å². The summed E-state index contributed by atoms with van der Waals surface area (Å²) >= 11 is 0. The van der Waals surface area contributed by atoms with Gasteiger partial charge >= 0.3 is 0 Å². The first-order chi connectivity index (χ1) is 5.77. The number of nitroso groups, excluding NO2 is 1. The fraction of sp³-hybridized carbons (Fsp3) is 0.250. The highest BCUT2D eigenvalue weighted by atomic mass is 16.3. The van der Waals surface area contributed by atoms with Gasteiger partial charge in [-0.3, -0.25) is 0 Å². The number of aliphatic hydroxyl groups excluding tert-OH is 2. The van der Waals surface area contributed by atoms with E-state index in [0.717, 1.165) is 0 Å². The van der Waals surface area contributed by atoms with Crippen LogP contribution in [0.25, 0.3) is 0 Å². The van der Waals surface area contributed by atoms with Crippen molar-refractivity contribution in [2.24, 2.45) is 5.18 Å². The Morgan fingerprint density at radius 2 is 2.25 bits per heavy atom. The molecule has 1 aromatic rings. The molecule has 0 radical (unpaired) electrons. The van der Waals surface area contributed by atoms with Crippen LogP contribution in [-0.4, -0.2) is 16.8 Å². The van der Waals surface area contributed by atoms with E-state index < -0.39 is 6.10 Å². The Hall–Kier alpha value is -1.26. The van der Waals surface area contributed by atoms with Gasteiger partial charge in [0.05, 0.1) is 6.61 Å². The van der Waals surface area contributed by atoms with Gasteiger partial charge < -0.3 is 10.2 Å². The van der Waals surface area contributed by atoms with Gasteiger partial charge in [-0.15, -0.1) is 4.91 Å². The molecule has 64 valence electrons. The van der Waals surface area contributed by atoms with Crippen molar-refractivity contribution in [1.82, 2.24) is 0 Å². The monoisotopic (exact) mass is 167 g/mol. The van der Waals surface area contributed by atoms with Crippen LogP contribution in [0.15, 0.2) is 29.4 Å². The van der Waals surface area contributed by atoms with Crippen molar-refractivity contribution in [1.29, 1.82) is 0 Å². The summed E-state index contributed by atoms with van der Waals surface area (Å²) in [5.41, 5.74) is 0.745. The van der Waals surface area contributed by atoms with Gasteiger partial charge in [0.1, 0.15) is 11.8 Å². The zero-order valence-corrected chi connectivity index (χ0v) is 6.34. The number of benzene rings is 1. The minimum Gasteiger partial charge on any atom is -0.393 e. The van der Waals surface area contributed by atoms with Crippen LogP contribution >= 0.6 is 0 Å². The molecule has 0 saturated carbocycles. The molecule has 0 fully saturated rings. The third kappa shape index (κ3) is 1.87. The van der Waals surface area contributed by atoms with Gasteiger partial charge in [-0.1, -0.05) is 12.1 Å². The number of aliphatic hydroxyl groups is 2. The third-order valence-electron chi connectivity index (χ3n) is 1.53. The Labute approximate surface area is 69.4 Å². The molecule has 0 aliphatic heterocycles. The summed E-state index contributed by atoms with van der Waals surface area (Å²) in [6, 6.07) is 6.19. The van der Waals surface area contributed by atoms with Gasteiger partial charge in [-0.25, -0.2) is 0 Å². The van der Waals surface area contributed by atoms with E-state index in [2.05, 4.69) is 5.18 Å². The van der Waals surface area contributed by atoms with Crippen molar-refractivity contribution in [2.45, 2.75) is 6.10 Å². The van der Waals surface area contributed by atoms with Crippen LogP contribution in [-0.2, 0) is 0 Å². The van der Waals surface area contributed by atoms with Crippen LogP contribution in [0.1, 0.15) is 11.7 Å². The highest BCUT2D eigenvalue weighted by molar-refractivity contribution is 5.40. The average molecular weight is 167 g/mol. The molecule has 12 heavy (non-hydrogen) atoms. The molecule has 4 nitrogen and oxygen atoms in total. The second-order valence-corrected chi connectivity index (χ2v) is 2.38. The Balaban J connectivity index is 2.93. The van der Waals surface area contributed by atoms with Crippen molar-refractivity contribution in [3.05, 3.63) is 34.7 Å². The summed E-state index contributed by atoms with van der Waals surface area (Å²) in [4.78, 5) is 10.1. The van der Waals surface area contributed by atoms with E-state index in [1.165, 1.54) is 12.1 Å². The molecule has 0 heterocycles. The zero-order valence-electron chi connectivity index (χ0n) is 6.34. The number of hydrogen-bond donors (Lipinski definition) is 2. The highest BCUT2D eigenvalue weighted by Crippen LogP contribution is 2.18. The molecular formula is C8H9NO3. The molecule has 1 rings (SSSR count). The summed E-state index contributed by atoms with van der Waals surface area (Å²) in [6.45, 7) is -0.359. The van der Waals surface area contributed by atoms with Gasteiger partial charge in [0.15, 0.2) is 0 Å². The predicted molar refractivity (Wildman–Crippen MR) is 43.9 cm³/mol. The molecule has 1 aromatic carbocycles. The van der Waals surface area contributed by atoms with Gasteiger partial charge in [-0.2, -0.15) is 0 Å². The maximum atomic E-state index is 10.1. The van der Waals surface area contributed by atoms with E-state index in [1.807, 2.05) is 0 Å². The van der Waals surface area contributed by atoms with Crippen molar-refractivity contribution in [2.75, 3.05) is 6.61 Å². The predicted octanol–water partition coefficient (Wildman–Crippen LogP) is 1.11. The molecule has 0 aliphatic carbocycles. The van der Waals surface area contributed by atoms with Crippen molar-refractivity contribution in [3.63, 3.8) is 0 Å². The fourth-order valence-corrected chi connectivity index (χ4v) is 0.894. The summed E-state index contributed by atoms with van der Waals surface area (Å²) in [5.74, 6) is 0. The van der Waals surface area contributed by atoms with Gasteiger partial charge in [0, 0.05) is 0 Å². The number of rotatable bonds is 3. The Bertz CT molecular complexity index is 275. The van der Waals surface area contributed by atoms with Crippen LogP contribution in [0.3, 0.4) is 0 Å². The molecule has 0 bridgehead atoms. The van der Waals surface area contributed by atoms with E-state index in [4.69, 9.17) is 10.2 Å². The smallest absolute Gasteiger partial charge is 0.108 e. The number of nitrogens with zero attached hydrogens (tertiary/aromatic N) is 1. The zero-order chi connectivity index (χ0) is 8.97. The molecule has 4 heteroatoms. The van der Waals surface area contributed by atoms with Crippen LogP contribution in [0.4, 0.5) is 5.69 Å². The van der Waals surface area contributed by atoms with Crippen LogP contribution in [0.2, 0.25) is 0 Å². The molecule has 0 aromatic heterocycles. The standard InChI is InChI=1S/C8H9NO3/c10-5-8(11)6-2-1-3-7(4-6)9-12/h1-4,8,10-11H,5H2. The SMILES string of the molecule is O=Nc1cccc(C(O)CO)c1. The fourth-order valence-electron chi connectivity index (χ4n) is 0.894. The Morgan fingerprint density at radius 1 is 1.50 bits per heavy atom. The molecule has 1 unspecified atom stereocenters. The van der Waals surface area contributed by atoms with Crippen LogP contribution in [0, 0.1) is 4.91 Å². The molecule has 1 atom stereocenters. The van der Waals surface area contributed by atoms with E-state index in [9.17, 15) is 4.91 Å². The maximum Gasteiger partial charge on any atom is 0.108 e. The molecule has 2 N–H and O–H groups in total. The topological polar surface area (TPSA) is 69.9 Å². The maximum absolute atomic E-state index is 10.1. The summed E-state index contributed by atoms with van der Waals surface area (Å²) < 4.78 is 0. The van der Waals surface area contributed by atoms with Crippen molar-refractivity contribution < 1.29 is 10.2 Å². The lowest BCUT2D eigenvalue weighted by molar-refractivity contribution is 0.0956. The second kappa shape index (κ2) is 3.94. The molecule has 0 saturated heterocycles. The Morgan fingerprint density at radius 3 is 2.83 bits per heavy atom. The second-order valence-electron chi connectivity index (χ2n) is 2.38. The lowest BCUT2D eigenvalue weighted by Crippen LogP contribution is -2.01. The van der Waals surface area contributed by atoms with E-state index in [0.29, 0.717) is 5.56 Å². The quantitative estimate of drug-likeness (QED) is 0.662. The van der Waals surface area contributed by atoms with E-state index in [-0.39, 0.29) is 12.3 Å². The first-order valence-electron chi connectivity index (χ1n) is 3.50. The van der Waals surface area contributed by atoms with Gasteiger partial charge in [0.2, 0.25) is 0 Å². The van der Waals surface area contributed by atoms with Crippen molar-refractivity contribution in [3.8, 4) is 0 Å². The summed E-state index contributed by atoms with van der Waals surface area (Å²) in [7, 11) is 0. The summed E-state index contributed by atoms with van der Waals surface area (Å²) in [5, 5.41) is 20.5. The molecule has 0 amide bonds. The average Bonchev–Trinajstić information content (AvgIpc) is 2.17. The normalized spacial score (nSPS) is 12.5. The Kier molecular flexibility index (Phi) is 2.90. The first-order valence-corrected chi connectivity index (χ1v) is 3.50. The number of hydrogen-bond acceptors (Lipinski definition) is 4. The molecule has 0 aliphatic rings. The van der Waals surface area contributed by atoms with Crippen molar-refractivity contribution >= 4 is 5.69 Å². The summed E-state index contributed by atoms with van der Waals surface area (Å²) in [6.07, 6.45) is -0.938. The third-order valence-corrected chi connectivity index (χ3v) is 1.53. The first kappa shape index (κ1) is 8.83. The van der Waals surface area contributed by atoms with E-state index in [1.54, 1.807) is 12.1 Å².